The summed E-state index contributed by atoms with van der Waals surface area (Å²) in [6, 6.07) is 12.4. The van der Waals surface area contributed by atoms with E-state index in [9.17, 15) is 18.4 Å². The minimum absolute atomic E-state index is 0.235. The molecule has 2 rings (SSSR count). The van der Waals surface area contributed by atoms with E-state index in [0.29, 0.717) is 5.56 Å². The highest BCUT2D eigenvalue weighted by atomic mass is 19.3. The molecule has 0 aromatic heterocycles. The molecule has 0 unspecified atom stereocenters. The zero-order valence-corrected chi connectivity index (χ0v) is 12.8. The molecule has 0 saturated carbocycles. The maximum atomic E-state index is 14.0. The molecule has 0 amide bonds. The number of aryl methyl sites for hydroxylation is 2. The first-order valence-electron chi connectivity index (χ1n) is 7.04. The monoisotopic (exact) mass is 318 g/mol. The van der Waals surface area contributed by atoms with Crippen LogP contribution in [0.1, 0.15) is 27.0 Å². The van der Waals surface area contributed by atoms with Crippen molar-refractivity contribution in [2.45, 2.75) is 26.4 Å². The van der Waals surface area contributed by atoms with Gasteiger partial charge in [-0.15, -0.1) is 0 Å². The van der Waals surface area contributed by atoms with Gasteiger partial charge in [-0.1, -0.05) is 48.5 Å². The third kappa shape index (κ3) is 3.62. The second-order valence-corrected chi connectivity index (χ2v) is 5.22. The second-order valence-electron chi connectivity index (χ2n) is 5.22. The fraction of sp³-hybridized carbons (Fsp3) is 0.222. The molecule has 0 heterocycles. The van der Waals surface area contributed by atoms with Crippen LogP contribution in [-0.4, -0.2) is 17.7 Å². The first-order chi connectivity index (χ1) is 10.8. The largest absolute Gasteiger partial charge is 0.456 e. The third-order valence-corrected chi connectivity index (χ3v) is 3.57. The predicted octanol–water partition coefficient (Wildman–Crippen LogP) is 3.86. The Bertz CT molecular complexity index is 704. The van der Waals surface area contributed by atoms with Crippen LogP contribution in [0.4, 0.5) is 8.78 Å². The van der Waals surface area contributed by atoms with Gasteiger partial charge in [0.25, 0.3) is 0 Å². The number of carbonyl (C=O) groups is 2. The van der Waals surface area contributed by atoms with Gasteiger partial charge in [-0.25, -0.2) is 4.79 Å². The van der Waals surface area contributed by atoms with E-state index in [1.807, 2.05) is 6.07 Å². The summed E-state index contributed by atoms with van der Waals surface area (Å²) in [6.07, 6.45) is 0. The van der Waals surface area contributed by atoms with Crippen LogP contribution >= 0.6 is 0 Å². The summed E-state index contributed by atoms with van der Waals surface area (Å²) in [5.41, 5.74) is 2.08. The Hall–Kier alpha value is -2.56. The number of hydrogen-bond acceptors (Lipinski definition) is 3. The standard InChI is InChI=1S/C18H16F2O3/c1-12-7-6-8-13(2)15(12)11-23-17(22)18(19,20)16(21)14-9-4-3-5-10-14/h3-10H,11H2,1-2H3. The predicted molar refractivity (Wildman–Crippen MR) is 81.4 cm³/mol. The van der Waals surface area contributed by atoms with E-state index >= 15 is 0 Å². The van der Waals surface area contributed by atoms with Crippen LogP contribution in [0.2, 0.25) is 0 Å². The maximum Gasteiger partial charge on any atom is 0.404 e. The average Bonchev–Trinajstić information content (AvgIpc) is 2.54. The van der Waals surface area contributed by atoms with E-state index in [2.05, 4.69) is 4.74 Å². The maximum absolute atomic E-state index is 14.0. The molecule has 0 bridgehead atoms. The molecule has 0 saturated heterocycles. The Morgan fingerprint density at radius 2 is 1.52 bits per heavy atom. The summed E-state index contributed by atoms with van der Waals surface area (Å²) >= 11 is 0. The Morgan fingerprint density at radius 3 is 2.09 bits per heavy atom. The van der Waals surface area contributed by atoms with Gasteiger partial charge >= 0.3 is 11.9 Å². The Labute approximate surface area is 132 Å². The Kier molecular flexibility index (Phi) is 4.89. The molecule has 3 nitrogen and oxygen atoms in total. The van der Waals surface area contributed by atoms with Crippen molar-refractivity contribution in [1.82, 2.24) is 0 Å². The van der Waals surface area contributed by atoms with Crippen LogP contribution in [0.15, 0.2) is 48.5 Å². The van der Waals surface area contributed by atoms with Gasteiger partial charge in [0, 0.05) is 5.56 Å². The van der Waals surface area contributed by atoms with Crippen molar-refractivity contribution >= 4 is 11.8 Å². The minimum Gasteiger partial charge on any atom is -0.456 e. The van der Waals surface area contributed by atoms with Gasteiger partial charge < -0.3 is 4.74 Å². The van der Waals surface area contributed by atoms with Crippen molar-refractivity contribution in [3.05, 3.63) is 70.8 Å². The SMILES string of the molecule is Cc1cccc(C)c1COC(=O)C(F)(F)C(=O)c1ccccc1. The third-order valence-electron chi connectivity index (χ3n) is 3.57. The molecule has 5 heteroatoms. The molecule has 23 heavy (non-hydrogen) atoms. The summed E-state index contributed by atoms with van der Waals surface area (Å²) in [7, 11) is 0. The number of Topliss-reactive ketones (excluding diaryl/α,β-unsaturated/α-hetero) is 1. The molecule has 2 aromatic rings. The summed E-state index contributed by atoms with van der Waals surface area (Å²) in [5, 5.41) is 0. The molecule has 0 atom stereocenters. The number of halogens is 2. The molecule has 2 aromatic carbocycles. The lowest BCUT2D eigenvalue weighted by Crippen LogP contribution is -2.39. The summed E-state index contributed by atoms with van der Waals surface area (Å²) < 4.78 is 32.6. The van der Waals surface area contributed by atoms with Crippen LogP contribution in [0.25, 0.3) is 0 Å². The van der Waals surface area contributed by atoms with Gasteiger partial charge in [0.15, 0.2) is 0 Å². The molecular weight excluding hydrogens is 302 g/mol. The zero-order chi connectivity index (χ0) is 17.0. The quantitative estimate of drug-likeness (QED) is 0.477. The van der Waals surface area contributed by atoms with E-state index in [1.165, 1.54) is 24.3 Å². The summed E-state index contributed by atoms with van der Waals surface area (Å²) in [6.45, 7) is 3.29. The van der Waals surface area contributed by atoms with E-state index < -0.39 is 17.7 Å². The number of benzene rings is 2. The van der Waals surface area contributed by atoms with Crippen molar-refractivity contribution in [3.8, 4) is 0 Å². The lowest BCUT2D eigenvalue weighted by atomic mass is 10.0. The van der Waals surface area contributed by atoms with Crippen LogP contribution in [0.3, 0.4) is 0 Å². The first kappa shape index (κ1) is 16.8. The van der Waals surface area contributed by atoms with Crippen molar-refractivity contribution in [2.75, 3.05) is 0 Å². The lowest BCUT2D eigenvalue weighted by molar-refractivity contribution is -0.166. The molecule has 0 radical (unpaired) electrons. The van der Waals surface area contributed by atoms with E-state index in [1.54, 1.807) is 32.0 Å². The Balaban J connectivity index is 2.12. The van der Waals surface area contributed by atoms with Crippen LogP contribution in [0, 0.1) is 13.8 Å². The Morgan fingerprint density at radius 1 is 0.957 bits per heavy atom. The molecule has 0 aliphatic carbocycles. The molecule has 120 valence electrons. The van der Waals surface area contributed by atoms with Gasteiger partial charge in [-0.05, 0) is 30.5 Å². The topological polar surface area (TPSA) is 43.4 Å². The molecular formula is C18H16F2O3. The van der Waals surface area contributed by atoms with Crippen LogP contribution in [0.5, 0.6) is 0 Å². The highest BCUT2D eigenvalue weighted by Crippen LogP contribution is 2.23. The van der Waals surface area contributed by atoms with Gasteiger partial charge in [0.1, 0.15) is 6.61 Å². The molecule has 0 aliphatic heterocycles. The molecule has 0 spiro atoms. The van der Waals surface area contributed by atoms with E-state index in [4.69, 9.17) is 0 Å². The number of hydrogen-bond donors (Lipinski definition) is 0. The van der Waals surface area contributed by atoms with Gasteiger partial charge in [-0.3, -0.25) is 4.79 Å². The summed E-state index contributed by atoms with van der Waals surface area (Å²) in [4.78, 5) is 23.5. The summed E-state index contributed by atoms with van der Waals surface area (Å²) in [5.74, 6) is -7.61. The van der Waals surface area contributed by atoms with E-state index in [0.717, 1.165) is 11.1 Å². The average molecular weight is 318 g/mol. The van der Waals surface area contributed by atoms with Gasteiger partial charge in [0.2, 0.25) is 5.78 Å². The number of ether oxygens (including phenoxy) is 1. The van der Waals surface area contributed by atoms with Crippen molar-refractivity contribution < 1.29 is 23.1 Å². The van der Waals surface area contributed by atoms with Crippen molar-refractivity contribution in [1.29, 1.82) is 0 Å². The molecule has 0 aliphatic rings. The van der Waals surface area contributed by atoms with Gasteiger partial charge in [0.05, 0.1) is 0 Å². The highest BCUT2D eigenvalue weighted by Gasteiger charge is 2.49. The lowest BCUT2D eigenvalue weighted by Gasteiger charge is -2.15. The minimum atomic E-state index is -4.21. The number of rotatable bonds is 5. The van der Waals surface area contributed by atoms with Crippen molar-refractivity contribution in [2.24, 2.45) is 0 Å². The molecule has 0 fully saturated rings. The van der Waals surface area contributed by atoms with Gasteiger partial charge in [-0.2, -0.15) is 8.78 Å². The first-order valence-corrected chi connectivity index (χ1v) is 7.04. The van der Waals surface area contributed by atoms with E-state index in [-0.39, 0.29) is 12.2 Å². The van der Waals surface area contributed by atoms with Crippen LogP contribution < -0.4 is 0 Å². The smallest absolute Gasteiger partial charge is 0.404 e. The highest BCUT2D eigenvalue weighted by molar-refractivity contribution is 6.13. The number of ketones is 1. The van der Waals surface area contributed by atoms with Crippen molar-refractivity contribution in [3.63, 3.8) is 0 Å². The number of alkyl halides is 2. The van der Waals surface area contributed by atoms with Crippen LogP contribution in [-0.2, 0) is 16.1 Å². The molecule has 0 N–H and O–H groups in total. The zero-order valence-electron chi connectivity index (χ0n) is 12.8. The number of esters is 1. The fourth-order valence-electron chi connectivity index (χ4n) is 2.17. The fourth-order valence-corrected chi connectivity index (χ4v) is 2.17. The normalized spacial score (nSPS) is 11.1. The second kappa shape index (κ2) is 6.69. The number of carbonyl (C=O) groups excluding carboxylic acids is 2.